The fourth-order valence-corrected chi connectivity index (χ4v) is 2.49. The van der Waals surface area contributed by atoms with Crippen molar-refractivity contribution in [2.75, 3.05) is 37.7 Å². The van der Waals surface area contributed by atoms with Gasteiger partial charge < -0.3 is 15.4 Å². The molecule has 0 atom stereocenters. The molecule has 1 heterocycles. The zero-order chi connectivity index (χ0) is 12.3. The smallest absolute Gasteiger partial charge is 0.176 e. The van der Waals surface area contributed by atoms with E-state index in [9.17, 15) is 4.79 Å². The molecule has 0 saturated carbocycles. The van der Waals surface area contributed by atoms with E-state index in [0.29, 0.717) is 5.56 Å². The van der Waals surface area contributed by atoms with Gasteiger partial charge in [0, 0.05) is 23.1 Å². The van der Waals surface area contributed by atoms with Crippen LogP contribution in [0.15, 0.2) is 22.7 Å². The minimum Gasteiger partial charge on any atom is -0.378 e. The third-order valence-corrected chi connectivity index (χ3v) is 3.44. The average molecular weight is 299 g/mol. The van der Waals surface area contributed by atoms with Crippen LogP contribution >= 0.6 is 15.9 Å². The quantitative estimate of drug-likeness (QED) is 0.858. The van der Waals surface area contributed by atoms with E-state index < -0.39 is 0 Å². The Morgan fingerprint density at radius 1 is 1.41 bits per heavy atom. The van der Waals surface area contributed by atoms with Crippen molar-refractivity contribution in [2.24, 2.45) is 5.73 Å². The molecular weight excluding hydrogens is 284 g/mol. The number of morpholine rings is 1. The van der Waals surface area contributed by atoms with Crippen LogP contribution < -0.4 is 10.6 Å². The van der Waals surface area contributed by atoms with Crippen molar-refractivity contribution >= 4 is 27.4 Å². The van der Waals surface area contributed by atoms with Gasteiger partial charge in [-0.2, -0.15) is 0 Å². The highest BCUT2D eigenvalue weighted by Gasteiger charge is 2.15. The second-order valence-corrected chi connectivity index (χ2v) is 4.75. The molecule has 1 aromatic rings. The molecule has 0 aromatic heterocycles. The summed E-state index contributed by atoms with van der Waals surface area (Å²) < 4.78 is 6.24. The Labute approximate surface area is 109 Å². The summed E-state index contributed by atoms with van der Waals surface area (Å²) in [5.41, 5.74) is 7.09. The number of nitrogens with zero attached hydrogens (tertiary/aromatic N) is 1. The number of ketones is 1. The number of nitrogens with two attached hydrogens (primary N) is 1. The van der Waals surface area contributed by atoms with E-state index in [1.54, 1.807) is 0 Å². The van der Waals surface area contributed by atoms with Gasteiger partial charge in [-0.1, -0.05) is 0 Å². The van der Waals surface area contributed by atoms with Crippen molar-refractivity contribution in [1.29, 1.82) is 0 Å². The monoisotopic (exact) mass is 298 g/mol. The molecule has 1 aromatic carbocycles. The van der Waals surface area contributed by atoms with E-state index in [4.69, 9.17) is 10.5 Å². The van der Waals surface area contributed by atoms with Crippen LogP contribution in [-0.2, 0) is 4.74 Å². The number of carbonyl (C=O) groups excluding carboxylic acids is 1. The van der Waals surface area contributed by atoms with Gasteiger partial charge in [-0.3, -0.25) is 4.79 Å². The number of hydrogen-bond donors (Lipinski definition) is 1. The number of Topliss-reactive ketones (excluding diaryl/α,β-unsaturated/α-hetero) is 1. The number of hydrogen-bond acceptors (Lipinski definition) is 4. The number of halogens is 1. The lowest BCUT2D eigenvalue weighted by atomic mass is 10.1. The Morgan fingerprint density at radius 3 is 2.71 bits per heavy atom. The predicted octanol–water partition coefficient (Wildman–Crippen LogP) is 1.43. The summed E-state index contributed by atoms with van der Waals surface area (Å²) in [6.07, 6.45) is 0. The largest absolute Gasteiger partial charge is 0.378 e. The number of carbonyl (C=O) groups is 1. The van der Waals surface area contributed by atoms with E-state index in [1.165, 1.54) is 0 Å². The third-order valence-electron chi connectivity index (χ3n) is 2.81. The molecule has 17 heavy (non-hydrogen) atoms. The van der Waals surface area contributed by atoms with Crippen molar-refractivity contribution in [3.8, 4) is 0 Å². The van der Waals surface area contributed by atoms with Gasteiger partial charge in [-0.05, 0) is 34.1 Å². The molecule has 92 valence electrons. The van der Waals surface area contributed by atoms with E-state index in [2.05, 4.69) is 20.8 Å². The van der Waals surface area contributed by atoms with Gasteiger partial charge in [0.25, 0.3) is 0 Å². The lowest BCUT2D eigenvalue weighted by Crippen LogP contribution is -2.36. The second-order valence-electron chi connectivity index (χ2n) is 3.89. The second kappa shape index (κ2) is 5.62. The summed E-state index contributed by atoms with van der Waals surface area (Å²) in [7, 11) is 0. The van der Waals surface area contributed by atoms with Crippen LogP contribution in [0.5, 0.6) is 0 Å². The fraction of sp³-hybridized carbons (Fsp3) is 0.417. The van der Waals surface area contributed by atoms with Crippen molar-refractivity contribution in [1.82, 2.24) is 0 Å². The fourth-order valence-electron chi connectivity index (χ4n) is 1.86. The normalized spacial score (nSPS) is 16.0. The summed E-state index contributed by atoms with van der Waals surface area (Å²) >= 11 is 3.50. The highest BCUT2D eigenvalue weighted by atomic mass is 79.9. The van der Waals surface area contributed by atoms with Gasteiger partial charge in [0.2, 0.25) is 0 Å². The van der Waals surface area contributed by atoms with Crippen molar-refractivity contribution in [3.63, 3.8) is 0 Å². The molecular formula is C12H15BrN2O2. The standard InChI is InChI=1S/C12H15BrN2O2/c13-10-7-9(12(16)8-14)1-2-11(10)15-3-5-17-6-4-15/h1-2,7H,3-6,8,14H2. The molecule has 0 bridgehead atoms. The first kappa shape index (κ1) is 12.5. The van der Waals surface area contributed by atoms with Crippen LogP contribution in [0.4, 0.5) is 5.69 Å². The number of benzene rings is 1. The van der Waals surface area contributed by atoms with Gasteiger partial charge in [-0.25, -0.2) is 0 Å². The zero-order valence-corrected chi connectivity index (χ0v) is 11.1. The first-order valence-electron chi connectivity index (χ1n) is 5.58. The molecule has 1 aliphatic rings. The third kappa shape index (κ3) is 2.86. The Hall–Kier alpha value is -0.910. The van der Waals surface area contributed by atoms with Crippen LogP contribution in [-0.4, -0.2) is 38.6 Å². The molecule has 5 heteroatoms. The molecule has 1 aliphatic heterocycles. The molecule has 0 amide bonds. The summed E-state index contributed by atoms with van der Waals surface area (Å²) in [4.78, 5) is 13.7. The van der Waals surface area contributed by atoms with Gasteiger partial charge in [0.1, 0.15) is 0 Å². The lowest BCUT2D eigenvalue weighted by Gasteiger charge is -2.29. The Bertz CT molecular complexity index is 417. The zero-order valence-electron chi connectivity index (χ0n) is 9.49. The topological polar surface area (TPSA) is 55.6 Å². The number of rotatable bonds is 3. The number of ether oxygens (including phenoxy) is 1. The molecule has 1 fully saturated rings. The first-order valence-corrected chi connectivity index (χ1v) is 6.37. The predicted molar refractivity (Wildman–Crippen MR) is 70.6 cm³/mol. The van der Waals surface area contributed by atoms with E-state index >= 15 is 0 Å². The van der Waals surface area contributed by atoms with E-state index in [0.717, 1.165) is 36.5 Å². The minimum atomic E-state index is -0.0424. The van der Waals surface area contributed by atoms with Crippen molar-refractivity contribution < 1.29 is 9.53 Å². The van der Waals surface area contributed by atoms with Crippen LogP contribution in [0.1, 0.15) is 10.4 Å². The number of anilines is 1. The van der Waals surface area contributed by atoms with E-state index in [-0.39, 0.29) is 12.3 Å². The average Bonchev–Trinajstić information content (AvgIpc) is 2.38. The van der Waals surface area contributed by atoms with Crippen LogP contribution in [0.25, 0.3) is 0 Å². The first-order chi connectivity index (χ1) is 8.22. The van der Waals surface area contributed by atoms with Crippen molar-refractivity contribution in [2.45, 2.75) is 0 Å². The molecule has 4 nitrogen and oxygen atoms in total. The Morgan fingerprint density at radius 2 is 2.12 bits per heavy atom. The molecule has 0 unspecified atom stereocenters. The van der Waals surface area contributed by atoms with E-state index in [1.807, 2.05) is 18.2 Å². The molecule has 0 radical (unpaired) electrons. The minimum absolute atomic E-state index is 0.0424. The van der Waals surface area contributed by atoms with Crippen molar-refractivity contribution in [3.05, 3.63) is 28.2 Å². The Kier molecular flexibility index (Phi) is 4.15. The summed E-state index contributed by atoms with van der Waals surface area (Å²) in [5, 5.41) is 0. The molecule has 2 rings (SSSR count). The lowest BCUT2D eigenvalue weighted by molar-refractivity contribution is 0.100. The maximum Gasteiger partial charge on any atom is 0.176 e. The highest BCUT2D eigenvalue weighted by Crippen LogP contribution is 2.28. The Balaban J connectivity index is 2.21. The SMILES string of the molecule is NCC(=O)c1ccc(N2CCOCC2)c(Br)c1. The molecule has 0 spiro atoms. The van der Waals surface area contributed by atoms with Gasteiger partial charge >= 0.3 is 0 Å². The maximum atomic E-state index is 11.5. The molecule has 0 aliphatic carbocycles. The molecule has 2 N–H and O–H groups in total. The maximum absolute atomic E-state index is 11.5. The van der Waals surface area contributed by atoms with Crippen LogP contribution in [0.2, 0.25) is 0 Å². The van der Waals surface area contributed by atoms with Crippen LogP contribution in [0.3, 0.4) is 0 Å². The highest BCUT2D eigenvalue weighted by molar-refractivity contribution is 9.10. The summed E-state index contributed by atoms with van der Waals surface area (Å²) in [6, 6.07) is 5.61. The summed E-state index contributed by atoms with van der Waals surface area (Å²) in [5.74, 6) is -0.0424. The van der Waals surface area contributed by atoms with Gasteiger partial charge in [-0.15, -0.1) is 0 Å². The van der Waals surface area contributed by atoms with Gasteiger partial charge in [0.15, 0.2) is 5.78 Å². The van der Waals surface area contributed by atoms with Gasteiger partial charge in [0.05, 0.1) is 25.4 Å². The van der Waals surface area contributed by atoms with Crippen LogP contribution in [0, 0.1) is 0 Å². The molecule has 1 saturated heterocycles. The summed E-state index contributed by atoms with van der Waals surface area (Å²) in [6.45, 7) is 3.29.